The molecule has 1 aliphatic rings. The van der Waals surface area contributed by atoms with Gasteiger partial charge in [0.15, 0.2) is 11.5 Å². The Bertz CT molecular complexity index is 664. The maximum Gasteiger partial charge on any atom is 0.307 e. The Labute approximate surface area is 121 Å². The number of fused-ring (bicyclic) bond motifs is 1. The van der Waals surface area contributed by atoms with Gasteiger partial charge in [0.25, 0.3) is 0 Å². The van der Waals surface area contributed by atoms with Crippen molar-refractivity contribution in [2.45, 2.75) is 38.5 Å². The Kier molecular flexibility index (Phi) is 3.42. The second kappa shape index (κ2) is 5.09. The lowest BCUT2D eigenvalue weighted by atomic mass is 9.79. The Balaban J connectivity index is 2.04. The fourth-order valence-electron chi connectivity index (χ4n) is 3.05. The number of aromatic nitrogens is 1. The molecule has 4 nitrogen and oxygen atoms in total. The monoisotopic (exact) mass is 293 g/mol. The van der Waals surface area contributed by atoms with Crippen LogP contribution < -0.4 is 0 Å². The number of hydrogen-bond acceptors (Lipinski definition) is 3. The van der Waals surface area contributed by atoms with Gasteiger partial charge in [0.05, 0.1) is 5.92 Å². The van der Waals surface area contributed by atoms with Gasteiger partial charge in [-0.25, -0.2) is 4.98 Å². The molecule has 1 heterocycles. The molecule has 1 aromatic carbocycles. The van der Waals surface area contributed by atoms with Gasteiger partial charge >= 0.3 is 5.97 Å². The first-order valence-corrected chi connectivity index (χ1v) is 7.23. The highest BCUT2D eigenvalue weighted by atomic mass is 35.5. The average Bonchev–Trinajstić information content (AvgIpc) is 2.82. The van der Waals surface area contributed by atoms with Crippen LogP contribution in [-0.4, -0.2) is 16.1 Å². The fourth-order valence-corrected chi connectivity index (χ4v) is 3.32. The van der Waals surface area contributed by atoms with Crippen LogP contribution in [0.1, 0.15) is 43.1 Å². The molecule has 0 spiro atoms. The lowest BCUT2D eigenvalue weighted by Crippen LogP contribution is -2.25. The minimum atomic E-state index is -0.758. The topological polar surface area (TPSA) is 63.3 Å². The van der Waals surface area contributed by atoms with Gasteiger partial charge < -0.3 is 9.52 Å². The molecule has 0 amide bonds. The SMILES string of the molecule is Cc1cc(Cl)cc2nc(C3CCCCC3C(=O)O)oc12. The second-order valence-corrected chi connectivity index (χ2v) is 5.90. The highest BCUT2D eigenvalue weighted by Crippen LogP contribution is 2.39. The summed E-state index contributed by atoms with van der Waals surface area (Å²) in [5.74, 6) is -0.747. The predicted octanol–water partition coefficient (Wildman–Crippen LogP) is 4.15. The van der Waals surface area contributed by atoms with Crippen LogP contribution in [-0.2, 0) is 4.79 Å². The van der Waals surface area contributed by atoms with Crippen LogP contribution in [0.3, 0.4) is 0 Å². The van der Waals surface area contributed by atoms with Crippen molar-refractivity contribution in [1.82, 2.24) is 4.98 Å². The van der Waals surface area contributed by atoms with Crippen molar-refractivity contribution in [2.24, 2.45) is 5.92 Å². The molecule has 0 aliphatic heterocycles. The van der Waals surface area contributed by atoms with E-state index in [1.807, 2.05) is 13.0 Å². The molecule has 0 radical (unpaired) electrons. The number of carboxylic acid groups (broad SMARTS) is 1. The zero-order chi connectivity index (χ0) is 14.3. The molecule has 2 atom stereocenters. The summed E-state index contributed by atoms with van der Waals surface area (Å²) < 4.78 is 5.84. The first kappa shape index (κ1) is 13.4. The summed E-state index contributed by atoms with van der Waals surface area (Å²) in [6, 6.07) is 3.59. The molecule has 2 aromatic rings. The van der Waals surface area contributed by atoms with E-state index in [2.05, 4.69) is 4.98 Å². The third-order valence-corrected chi connectivity index (χ3v) is 4.28. The number of hydrogen-bond donors (Lipinski definition) is 1. The van der Waals surface area contributed by atoms with E-state index in [4.69, 9.17) is 16.0 Å². The van der Waals surface area contributed by atoms with E-state index in [0.717, 1.165) is 24.8 Å². The smallest absolute Gasteiger partial charge is 0.307 e. The molecule has 5 heteroatoms. The van der Waals surface area contributed by atoms with Crippen molar-refractivity contribution in [3.05, 3.63) is 28.6 Å². The fraction of sp³-hybridized carbons (Fsp3) is 0.467. The standard InChI is InChI=1S/C15H16ClNO3/c1-8-6-9(16)7-12-13(8)20-14(17-12)10-4-2-3-5-11(10)15(18)19/h6-7,10-11H,2-5H2,1H3,(H,18,19). The number of oxazole rings is 1. The summed E-state index contributed by atoms with van der Waals surface area (Å²) in [7, 11) is 0. The first-order chi connectivity index (χ1) is 9.56. The molecular weight excluding hydrogens is 278 g/mol. The maximum absolute atomic E-state index is 11.4. The molecule has 3 rings (SSSR count). The zero-order valence-electron chi connectivity index (χ0n) is 11.2. The summed E-state index contributed by atoms with van der Waals surface area (Å²) >= 11 is 6.02. The van der Waals surface area contributed by atoms with Crippen LogP contribution in [0.5, 0.6) is 0 Å². The predicted molar refractivity (Wildman–Crippen MR) is 76.1 cm³/mol. The summed E-state index contributed by atoms with van der Waals surface area (Å²) in [4.78, 5) is 15.9. The van der Waals surface area contributed by atoms with Gasteiger partial charge in [-0.15, -0.1) is 0 Å². The number of halogens is 1. The van der Waals surface area contributed by atoms with E-state index in [9.17, 15) is 9.90 Å². The number of rotatable bonds is 2. The largest absolute Gasteiger partial charge is 0.481 e. The van der Waals surface area contributed by atoms with Crippen LogP contribution in [0.25, 0.3) is 11.1 Å². The Morgan fingerprint density at radius 2 is 2.15 bits per heavy atom. The normalized spacial score (nSPS) is 23.1. The quantitative estimate of drug-likeness (QED) is 0.903. The number of aryl methyl sites for hydroxylation is 1. The molecule has 106 valence electrons. The third kappa shape index (κ3) is 2.29. The van der Waals surface area contributed by atoms with Crippen LogP contribution in [0.4, 0.5) is 0 Å². The van der Waals surface area contributed by atoms with E-state index >= 15 is 0 Å². The van der Waals surface area contributed by atoms with Crippen LogP contribution in [0.15, 0.2) is 16.5 Å². The average molecular weight is 294 g/mol. The highest BCUT2D eigenvalue weighted by molar-refractivity contribution is 6.31. The lowest BCUT2D eigenvalue weighted by Gasteiger charge is -2.25. The van der Waals surface area contributed by atoms with Crippen molar-refractivity contribution < 1.29 is 14.3 Å². The molecule has 1 aliphatic carbocycles. The number of aliphatic carboxylic acids is 1. The molecule has 0 bridgehead atoms. The van der Waals surface area contributed by atoms with Crippen LogP contribution in [0.2, 0.25) is 5.02 Å². The Morgan fingerprint density at radius 3 is 2.90 bits per heavy atom. The molecule has 20 heavy (non-hydrogen) atoms. The Hall–Kier alpha value is -1.55. The number of nitrogens with zero attached hydrogens (tertiary/aromatic N) is 1. The number of benzene rings is 1. The van der Waals surface area contributed by atoms with Gasteiger partial charge in [-0.1, -0.05) is 24.4 Å². The van der Waals surface area contributed by atoms with Gasteiger partial charge in [-0.05, 0) is 37.5 Å². The summed E-state index contributed by atoms with van der Waals surface area (Å²) in [5.41, 5.74) is 2.34. The molecular formula is C15H16ClNO3. The number of carbonyl (C=O) groups is 1. The van der Waals surface area contributed by atoms with Gasteiger partial charge in [-0.3, -0.25) is 4.79 Å². The highest BCUT2D eigenvalue weighted by Gasteiger charge is 2.35. The molecule has 1 saturated carbocycles. The maximum atomic E-state index is 11.4. The molecule has 2 unspecified atom stereocenters. The molecule has 0 saturated heterocycles. The van der Waals surface area contributed by atoms with E-state index in [1.54, 1.807) is 6.07 Å². The third-order valence-electron chi connectivity index (χ3n) is 4.06. The van der Waals surface area contributed by atoms with E-state index in [-0.39, 0.29) is 5.92 Å². The van der Waals surface area contributed by atoms with Gasteiger partial charge in [0.1, 0.15) is 5.52 Å². The first-order valence-electron chi connectivity index (χ1n) is 6.85. The van der Waals surface area contributed by atoms with E-state index in [0.29, 0.717) is 28.4 Å². The lowest BCUT2D eigenvalue weighted by molar-refractivity contribution is -0.143. The van der Waals surface area contributed by atoms with Crippen LogP contribution in [0, 0.1) is 12.8 Å². The van der Waals surface area contributed by atoms with E-state index in [1.165, 1.54) is 0 Å². The minimum absolute atomic E-state index is 0.133. The second-order valence-electron chi connectivity index (χ2n) is 5.46. The van der Waals surface area contributed by atoms with Crippen LogP contribution >= 0.6 is 11.6 Å². The van der Waals surface area contributed by atoms with Crippen molar-refractivity contribution in [1.29, 1.82) is 0 Å². The van der Waals surface area contributed by atoms with Gasteiger partial charge in [0, 0.05) is 10.9 Å². The van der Waals surface area contributed by atoms with Gasteiger partial charge in [-0.2, -0.15) is 0 Å². The molecule has 1 fully saturated rings. The molecule has 1 N–H and O–H groups in total. The number of carboxylic acids is 1. The molecule has 1 aromatic heterocycles. The van der Waals surface area contributed by atoms with Gasteiger partial charge in [0.2, 0.25) is 0 Å². The summed E-state index contributed by atoms with van der Waals surface area (Å²) in [6.45, 7) is 1.92. The summed E-state index contributed by atoms with van der Waals surface area (Å²) in [6.07, 6.45) is 3.49. The van der Waals surface area contributed by atoms with Crippen molar-refractivity contribution >= 4 is 28.7 Å². The Morgan fingerprint density at radius 1 is 1.40 bits per heavy atom. The van der Waals surface area contributed by atoms with Crippen molar-refractivity contribution in [3.63, 3.8) is 0 Å². The van der Waals surface area contributed by atoms with Crippen molar-refractivity contribution in [3.8, 4) is 0 Å². The zero-order valence-corrected chi connectivity index (χ0v) is 12.0. The minimum Gasteiger partial charge on any atom is -0.481 e. The summed E-state index contributed by atoms with van der Waals surface area (Å²) in [5, 5.41) is 9.97. The van der Waals surface area contributed by atoms with Crippen molar-refractivity contribution in [2.75, 3.05) is 0 Å². The van der Waals surface area contributed by atoms with E-state index < -0.39 is 11.9 Å².